The summed E-state index contributed by atoms with van der Waals surface area (Å²) in [5, 5.41) is 2.95. The quantitative estimate of drug-likeness (QED) is 0.884. The largest absolute Gasteiger partial charge is 0.345 e. The monoisotopic (exact) mass is 313 g/mol. The van der Waals surface area contributed by atoms with Crippen molar-refractivity contribution in [3.8, 4) is 0 Å². The molecule has 124 valence electrons. The van der Waals surface area contributed by atoms with E-state index in [0.717, 1.165) is 17.8 Å². The van der Waals surface area contributed by atoms with Gasteiger partial charge in [0.15, 0.2) is 0 Å². The molecule has 2 aromatic rings. The highest BCUT2D eigenvalue weighted by atomic mass is 16.1. The van der Waals surface area contributed by atoms with Crippen LogP contribution in [0, 0.1) is 5.92 Å². The van der Waals surface area contributed by atoms with Crippen LogP contribution >= 0.6 is 0 Å². The second-order valence-electron chi connectivity index (χ2n) is 6.80. The van der Waals surface area contributed by atoms with Crippen LogP contribution in [0.15, 0.2) is 30.6 Å². The summed E-state index contributed by atoms with van der Waals surface area (Å²) < 4.78 is 1.91. The maximum Gasteiger partial charge on any atom is 0.251 e. The summed E-state index contributed by atoms with van der Waals surface area (Å²) in [5.41, 5.74) is 3.33. The highest BCUT2D eigenvalue weighted by Gasteiger charge is 2.13. The number of hydrogen-bond acceptors (Lipinski definition) is 2. The molecule has 1 aromatic carbocycles. The van der Waals surface area contributed by atoms with Crippen LogP contribution < -0.4 is 5.32 Å². The van der Waals surface area contributed by atoms with Crippen molar-refractivity contribution in [2.45, 2.75) is 46.6 Å². The van der Waals surface area contributed by atoms with Crippen molar-refractivity contribution in [2.75, 3.05) is 0 Å². The van der Waals surface area contributed by atoms with Crippen molar-refractivity contribution in [1.82, 2.24) is 14.9 Å². The standard InChI is InChI=1S/C19H27N3O/c1-13(2)10-16-11-15(6-7-17(16)14(3)4)19(23)21-12-18-20-8-9-22(18)5/h6-9,11,13-14H,10,12H2,1-5H3,(H,21,23). The molecule has 0 aliphatic carbocycles. The number of carbonyl (C=O) groups is 1. The number of aromatic nitrogens is 2. The molecule has 0 atom stereocenters. The zero-order chi connectivity index (χ0) is 17.0. The first-order valence-electron chi connectivity index (χ1n) is 8.25. The van der Waals surface area contributed by atoms with E-state index in [9.17, 15) is 4.79 Å². The van der Waals surface area contributed by atoms with Gasteiger partial charge in [0.25, 0.3) is 5.91 Å². The van der Waals surface area contributed by atoms with Crippen LogP contribution in [0.2, 0.25) is 0 Å². The molecule has 0 radical (unpaired) electrons. The number of amides is 1. The fourth-order valence-corrected chi connectivity index (χ4v) is 2.76. The van der Waals surface area contributed by atoms with Gasteiger partial charge in [0.2, 0.25) is 0 Å². The zero-order valence-corrected chi connectivity index (χ0v) is 14.8. The summed E-state index contributed by atoms with van der Waals surface area (Å²) in [4.78, 5) is 16.6. The van der Waals surface area contributed by atoms with Crippen LogP contribution in [0.4, 0.5) is 0 Å². The lowest BCUT2D eigenvalue weighted by atomic mass is 9.90. The number of aryl methyl sites for hydroxylation is 1. The number of benzene rings is 1. The van der Waals surface area contributed by atoms with Gasteiger partial charge >= 0.3 is 0 Å². The number of imidazole rings is 1. The van der Waals surface area contributed by atoms with E-state index >= 15 is 0 Å². The Morgan fingerprint density at radius 1 is 1.26 bits per heavy atom. The van der Waals surface area contributed by atoms with Crippen molar-refractivity contribution >= 4 is 5.91 Å². The van der Waals surface area contributed by atoms with Gasteiger partial charge in [-0.15, -0.1) is 0 Å². The first-order valence-corrected chi connectivity index (χ1v) is 8.25. The smallest absolute Gasteiger partial charge is 0.251 e. The molecule has 0 aliphatic heterocycles. The predicted octanol–water partition coefficient (Wildman–Crippen LogP) is 3.67. The second-order valence-corrected chi connectivity index (χ2v) is 6.80. The Morgan fingerprint density at radius 3 is 2.57 bits per heavy atom. The predicted molar refractivity (Wildman–Crippen MR) is 93.5 cm³/mol. The van der Waals surface area contributed by atoms with Crippen molar-refractivity contribution in [2.24, 2.45) is 13.0 Å². The molecule has 2 rings (SSSR count). The molecule has 4 nitrogen and oxygen atoms in total. The highest BCUT2D eigenvalue weighted by molar-refractivity contribution is 5.94. The summed E-state index contributed by atoms with van der Waals surface area (Å²) in [6.07, 6.45) is 4.60. The zero-order valence-electron chi connectivity index (χ0n) is 14.8. The van der Waals surface area contributed by atoms with E-state index in [0.29, 0.717) is 18.4 Å². The van der Waals surface area contributed by atoms with Crippen molar-refractivity contribution in [3.05, 3.63) is 53.1 Å². The molecule has 0 unspecified atom stereocenters. The van der Waals surface area contributed by atoms with Gasteiger partial charge in [-0.2, -0.15) is 0 Å². The van der Waals surface area contributed by atoms with Crippen LogP contribution in [0.5, 0.6) is 0 Å². The van der Waals surface area contributed by atoms with Crippen LogP contribution in [-0.2, 0) is 20.0 Å². The Hall–Kier alpha value is -2.10. The minimum atomic E-state index is -0.0479. The average Bonchev–Trinajstić information content (AvgIpc) is 2.89. The van der Waals surface area contributed by atoms with Gasteiger partial charge in [-0.3, -0.25) is 4.79 Å². The molecule has 1 amide bonds. The lowest BCUT2D eigenvalue weighted by Crippen LogP contribution is -2.24. The first-order chi connectivity index (χ1) is 10.9. The minimum Gasteiger partial charge on any atom is -0.345 e. The van der Waals surface area contributed by atoms with E-state index in [2.05, 4.69) is 44.1 Å². The van der Waals surface area contributed by atoms with E-state index in [4.69, 9.17) is 0 Å². The van der Waals surface area contributed by atoms with Gasteiger partial charge in [0, 0.05) is 25.0 Å². The summed E-state index contributed by atoms with van der Waals surface area (Å²) in [5.74, 6) is 1.83. The molecule has 1 N–H and O–H groups in total. The lowest BCUT2D eigenvalue weighted by Gasteiger charge is -2.16. The second kappa shape index (κ2) is 7.44. The third kappa shape index (κ3) is 4.44. The van der Waals surface area contributed by atoms with Crippen LogP contribution in [0.3, 0.4) is 0 Å². The highest BCUT2D eigenvalue weighted by Crippen LogP contribution is 2.23. The molecular weight excluding hydrogens is 286 g/mol. The van der Waals surface area contributed by atoms with Gasteiger partial charge in [-0.05, 0) is 41.5 Å². The van der Waals surface area contributed by atoms with Crippen molar-refractivity contribution in [1.29, 1.82) is 0 Å². The summed E-state index contributed by atoms with van der Waals surface area (Å²) in [7, 11) is 1.92. The minimum absolute atomic E-state index is 0.0479. The topological polar surface area (TPSA) is 46.9 Å². The Kier molecular flexibility index (Phi) is 5.59. The Balaban J connectivity index is 2.15. The molecule has 0 bridgehead atoms. The van der Waals surface area contributed by atoms with Crippen LogP contribution in [0.25, 0.3) is 0 Å². The van der Waals surface area contributed by atoms with Gasteiger partial charge in [0.1, 0.15) is 5.82 Å². The van der Waals surface area contributed by atoms with Gasteiger partial charge < -0.3 is 9.88 Å². The summed E-state index contributed by atoms with van der Waals surface area (Å²) in [6, 6.07) is 6.06. The van der Waals surface area contributed by atoms with Gasteiger partial charge in [-0.25, -0.2) is 4.98 Å². The first kappa shape index (κ1) is 17.3. The number of nitrogens with zero attached hydrogens (tertiary/aromatic N) is 2. The van der Waals surface area contributed by atoms with Crippen LogP contribution in [-0.4, -0.2) is 15.5 Å². The molecule has 4 heteroatoms. The van der Waals surface area contributed by atoms with Gasteiger partial charge in [0.05, 0.1) is 6.54 Å². The summed E-state index contributed by atoms with van der Waals surface area (Å²) in [6.45, 7) is 9.24. The maximum atomic E-state index is 12.4. The number of carbonyl (C=O) groups excluding carboxylic acids is 1. The average molecular weight is 313 g/mol. The van der Waals surface area contributed by atoms with Crippen LogP contribution in [0.1, 0.15) is 60.9 Å². The number of hydrogen-bond donors (Lipinski definition) is 1. The Morgan fingerprint density at radius 2 is 2.00 bits per heavy atom. The third-order valence-electron chi connectivity index (χ3n) is 3.98. The van der Waals surface area contributed by atoms with Crippen molar-refractivity contribution in [3.63, 3.8) is 0 Å². The fraction of sp³-hybridized carbons (Fsp3) is 0.474. The SMILES string of the molecule is CC(C)Cc1cc(C(=O)NCc2nccn2C)ccc1C(C)C. The summed E-state index contributed by atoms with van der Waals surface area (Å²) >= 11 is 0. The molecular formula is C19H27N3O. The fourth-order valence-electron chi connectivity index (χ4n) is 2.76. The molecule has 23 heavy (non-hydrogen) atoms. The molecule has 0 saturated carbocycles. The normalized spacial score (nSPS) is 11.3. The van der Waals surface area contributed by atoms with E-state index < -0.39 is 0 Å². The van der Waals surface area contributed by atoms with E-state index in [1.54, 1.807) is 6.20 Å². The number of nitrogens with one attached hydrogen (secondary N) is 1. The molecule has 0 fully saturated rings. The molecule has 0 aliphatic rings. The Labute approximate surface area is 138 Å². The van der Waals surface area contributed by atoms with E-state index in [1.165, 1.54) is 11.1 Å². The lowest BCUT2D eigenvalue weighted by molar-refractivity contribution is 0.0949. The molecule has 1 heterocycles. The van der Waals surface area contributed by atoms with Gasteiger partial charge in [-0.1, -0.05) is 33.8 Å². The molecule has 0 spiro atoms. The molecule has 1 aromatic heterocycles. The number of rotatable bonds is 6. The third-order valence-corrected chi connectivity index (χ3v) is 3.98. The van der Waals surface area contributed by atoms with Crippen molar-refractivity contribution < 1.29 is 4.79 Å². The van der Waals surface area contributed by atoms with E-state index in [-0.39, 0.29) is 5.91 Å². The van der Waals surface area contributed by atoms with E-state index in [1.807, 2.05) is 29.9 Å². The molecule has 0 saturated heterocycles. The Bertz CT molecular complexity index is 671. The maximum absolute atomic E-state index is 12.4.